The minimum atomic E-state index is -0.197. The Morgan fingerprint density at radius 1 is 1.13 bits per heavy atom. The molecule has 0 fully saturated rings. The van der Waals surface area contributed by atoms with E-state index in [4.69, 9.17) is 9.15 Å². The number of carbonyl (C=O) groups excluding carboxylic acids is 1. The van der Waals surface area contributed by atoms with E-state index in [1.165, 1.54) is 11.3 Å². The van der Waals surface area contributed by atoms with E-state index in [1.807, 2.05) is 60.0 Å². The van der Waals surface area contributed by atoms with Crippen molar-refractivity contribution in [2.24, 2.45) is 0 Å². The highest BCUT2D eigenvalue weighted by atomic mass is 79.9. The van der Waals surface area contributed by atoms with Crippen LogP contribution < -0.4 is 10.1 Å². The Balaban J connectivity index is 1.25. The number of para-hydroxylation sites is 1. The summed E-state index contributed by atoms with van der Waals surface area (Å²) < 4.78 is 12.1. The second kappa shape index (κ2) is 9.88. The average molecular weight is 503 g/mol. The van der Waals surface area contributed by atoms with Crippen LogP contribution in [0.4, 0.5) is 5.13 Å². The molecule has 30 heavy (non-hydrogen) atoms. The highest BCUT2D eigenvalue weighted by molar-refractivity contribution is 9.10. The summed E-state index contributed by atoms with van der Waals surface area (Å²) in [6.07, 6.45) is 0. The summed E-state index contributed by atoms with van der Waals surface area (Å²) in [7, 11) is 0. The van der Waals surface area contributed by atoms with Crippen LogP contribution in [0.15, 0.2) is 74.1 Å². The molecule has 10 heteroatoms. The number of ether oxygens (including phenoxy) is 1. The molecular formula is C20H15BrN4O3S2. The molecule has 2 heterocycles. The Morgan fingerprint density at radius 2 is 1.93 bits per heavy atom. The van der Waals surface area contributed by atoms with Crippen molar-refractivity contribution in [1.82, 2.24) is 15.2 Å². The maximum atomic E-state index is 12.2. The van der Waals surface area contributed by atoms with Crippen molar-refractivity contribution in [1.29, 1.82) is 0 Å². The van der Waals surface area contributed by atoms with E-state index >= 15 is 0 Å². The van der Waals surface area contributed by atoms with Crippen LogP contribution in [0.3, 0.4) is 0 Å². The molecular weight excluding hydrogens is 488 g/mol. The monoisotopic (exact) mass is 502 g/mol. The zero-order valence-electron chi connectivity index (χ0n) is 15.4. The van der Waals surface area contributed by atoms with Gasteiger partial charge < -0.3 is 14.5 Å². The lowest BCUT2D eigenvalue weighted by Crippen LogP contribution is -2.13. The Bertz CT molecular complexity index is 1120. The minimum absolute atomic E-state index is 0.133. The van der Waals surface area contributed by atoms with E-state index in [-0.39, 0.29) is 18.3 Å². The molecule has 0 bridgehead atoms. The second-order valence-electron chi connectivity index (χ2n) is 5.95. The number of thioether (sulfide) groups is 1. The lowest BCUT2D eigenvalue weighted by Gasteiger charge is -2.01. The predicted octanol–water partition coefficient (Wildman–Crippen LogP) is 5.27. The van der Waals surface area contributed by atoms with Crippen molar-refractivity contribution in [3.63, 3.8) is 0 Å². The maximum Gasteiger partial charge on any atom is 0.277 e. The van der Waals surface area contributed by atoms with Crippen LogP contribution in [0, 0.1) is 0 Å². The number of hydrogen-bond donors (Lipinski definition) is 1. The summed E-state index contributed by atoms with van der Waals surface area (Å²) in [4.78, 5) is 16.7. The number of aromatic nitrogens is 3. The van der Waals surface area contributed by atoms with E-state index in [2.05, 4.69) is 36.4 Å². The number of halogens is 1. The van der Waals surface area contributed by atoms with Crippen molar-refractivity contribution in [3.8, 4) is 17.0 Å². The predicted molar refractivity (Wildman–Crippen MR) is 120 cm³/mol. The Morgan fingerprint density at radius 3 is 2.73 bits per heavy atom. The van der Waals surface area contributed by atoms with Crippen molar-refractivity contribution < 1.29 is 13.9 Å². The number of benzene rings is 2. The molecule has 4 rings (SSSR count). The molecule has 0 saturated carbocycles. The van der Waals surface area contributed by atoms with Crippen LogP contribution >= 0.6 is 39.0 Å². The fourth-order valence-corrected chi connectivity index (χ4v) is 3.96. The number of hydrogen-bond acceptors (Lipinski definition) is 8. The largest absolute Gasteiger partial charge is 0.484 e. The zero-order valence-corrected chi connectivity index (χ0v) is 18.7. The van der Waals surface area contributed by atoms with Gasteiger partial charge in [0.05, 0.1) is 11.4 Å². The molecule has 0 aliphatic carbocycles. The highest BCUT2D eigenvalue weighted by Crippen LogP contribution is 2.26. The van der Waals surface area contributed by atoms with Gasteiger partial charge in [0.2, 0.25) is 5.91 Å². The molecule has 0 spiro atoms. The summed E-state index contributed by atoms with van der Waals surface area (Å²) in [5, 5.41) is 13.4. The van der Waals surface area contributed by atoms with Crippen LogP contribution in [-0.2, 0) is 11.4 Å². The van der Waals surface area contributed by atoms with Gasteiger partial charge in [-0.3, -0.25) is 4.79 Å². The van der Waals surface area contributed by atoms with Gasteiger partial charge in [-0.1, -0.05) is 58.0 Å². The molecule has 0 radical (unpaired) electrons. The summed E-state index contributed by atoms with van der Waals surface area (Å²) in [6, 6.07) is 17.2. The van der Waals surface area contributed by atoms with Gasteiger partial charge in [-0.05, 0) is 24.3 Å². The highest BCUT2D eigenvalue weighted by Gasteiger charge is 2.12. The van der Waals surface area contributed by atoms with Crippen molar-refractivity contribution in [3.05, 3.63) is 70.3 Å². The van der Waals surface area contributed by atoms with Crippen molar-refractivity contribution in [2.75, 3.05) is 11.1 Å². The smallest absolute Gasteiger partial charge is 0.277 e. The quantitative estimate of drug-likeness (QED) is 0.328. The SMILES string of the molecule is O=C(CSc1nnc(COc2ccccc2)o1)Nc1nc(-c2ccc(Br)cc2)cs1. The van der Waals surface area contributed by atoms with Crippen LogP contribution in [-0.4, -0.2) is 26.8 Å². The molecule has 2 aromatic heterocycles. The third-order valence-corrected chi connectivity index (χ3v) is 5.88. The van der Waals surface area contributed by atoms with E-state index in [0.717, 1.165) is 33.2 Å². The van der Waals surface area contributed by atoms with E-state index in [0.29, 0.717) is 16.2 Å². The van der Waals surface area contributed by atoms with Crippen molar-refractivity contribution in [2.45, 2.75) is 11.8 Å². The Kier molecular flexibility index (Phi) is 6.77. The summed E-state index contributed by atoms with van der Waals surface area (Å²) in [5.74, 6) is 1.00. The summed E-state index contributed by atoms with van der Waals surface area (Å²) in [6.45, 7) is 0.168. The third kappa shape index (κ3) is 5.68. The second-order valence-corrected chi connectivity index (χ2v) is 8.65. The first kappa shape index (κ1) is 20.6. The standard InChI is InChI=1S/C20H15BrN4O3S2/c21-14-8-6-13(7-9-14)16-11-29-19(22-16)23-17(26)12-30-20-25-24-18(28-20)10-27-15-4-2-1-3-5-15/h1-9,11H,10,12H2,(H,22,23,26). The van der Waals surface area contributed by atoms with E-state index in [9.17, 15) is 4.79 Å². The summed E-state index contributed by atoms with van der Waals surface area (Å²) >= 11 is 5.95. The van der Waals surface area contributed by atoms with E-state index < -0.39 is 0 Å². The number of amides is 1. The fraction of sp³-hybridized carbons (Fsp3) is 0.100. The van der Waals surface area contributed by atoms with Gasteiger partial charge >= 0.3 is 0 Å². The minimum Gasteiger partial charge on any atom is -0.484 e. The Labute approximate surface area is 189 Å². The molecule has 0 aliphatic rings. The van der Waals surface area contributed by atoms with Gasteiger partial charge in [-0.15, -0.1) is 21.5 Å². The lowest BCUT2D eigenvalue weighted by molar-refractivity contribution is -0.113. The van der Waals surface area contributed by atoms with Gasteiger partial charge in [-0.25, -0.2) is 4.98 Å². The van der Waals surface area contributed by atoms with E-state index in [1.54, 1.807) is 0 Å². The number of nitrogens with one attached hydrogen (secondary N) is 1. The van der Waals surface area contributed by atoms with Gasteiger partial charge in [0.1, 0.15) is 5.75 Å². The molecule has 0 unspecified atom stereocenters. The molecule has 152 valence electrons. The Hall–Kier alpha value is -2.69. The molecule has 1 amide bonds. The first-order valence-corrected chi connectivity index (χ1v) is 11.5. The normalized spacial score (nSPS) is 10.7. The zero-order chi connectivity index (χ0) is 20.8. The lowest BCUT2D eigenvalue weighted by atomic mass is 10.2. The number of carbonyl (C=O) groups is 1. The number of rotatable bonds is 8. The molecule has 7 nitrogen and oxygen atoms in total. The van der Waals surface area contributed by atoms with Crippen LogP contribution in [0.25, 0.3) is 11.3 Å². The first-order valence-electron chi connectivity index (χ1n) is 8.80. The van der Waals surface area contributed by atoms with Crippen LogP contribution in [0.1, 0.15) is 5.89 Å². The molecule has 0 atom stereocenters. The maximum absolute atomic E-state index is 12.2. The number of thiazole rings is 1. The van der Waals surface area contributed by atoms with Gasteiger partial charge in [-0.2, -0.15) is 0 Å². The molecule has 2 aromatic carbocycles. The van der Waals surface area contributed by atoms with Crippen LogP contribution in [0.5, 0.6) is 5.75 Å². The number of nitrogens with zero attached hydrogens (tertiary/aromatic N) is 3. The third-order valence-electron chi connectivity index (χ3n) is 3.77. The average Bonchev–Trinajstić information content (AvgIpc) is 3.42. The van der Waals surface area contributed by atoms with Gasteiger partial charge in [0.15, 0.2) is 11.7 Å². The van der Waals surface area contributed by atoms with Gasteiger partial charge in [0, 0.05) is 15.4 Å². The van der Waals surface area contributed by atoms with Crippen molar-refractivity contribution >= 4 is 50.1 Å². The fourth-order valence-electron chi connectivity index (χ4n) is 2.38. The topological polar surface area (TPSA) is 90.1 Å². The summed E-state index contributed by atoms with van der Waals surface area (Å²) in [5.41, 5.74) is 1.80. The van der Waals surface area contributed by atoms with Gasteiger partial charge in [0.25, 0.3) is 11.1 Å². The molecule has 4 aromatic rings. The molecule has 0 saturated heterocycles. The first-order chi connectivity index (χ1) is 14.7. The molecule has 0 aliphatic heterocycles. The molecule has 1 N–H and O–H groups in total. The van der Waals surface area contributed by atoms with Crippen LogP contribution in [0.2, 0.25) is 0 Å². The number of anilines is 1.